The van der Waals surface area contributed by atoms with Crippen molar-refractivity contribution in [1.29, 1.82) is 0 Å². The standard InChI is InChI=1S/C22H26N2O2/c1-13(2)16-6-9-17(10-7-16)23-21(25)19-12-20(19)22(26)24-18-8-5-14(3)15(4)11-18/h5-11,13,19-20H,12H2,1-4H3,(H,23,25)(H,24,26). The second-order valence-electron chi connectivity index (χ2n) is 7.50. The molecule has 0 spiro atoms. The van der Waals surface area contributed by atoms with Crippen LogP contribution in [0.3, 0.4) is 0 Å². The SMILES string of the molecule is Cc1ccc(NC(=O)C2CC2C(=O)Nc2ccc(C(C)C)cc2)cc1C. The lowest BCUT2D eigenvalue weighted by Crippen LogP contribution is -2.20. The first-order valence-corrected chi connectivity index (χ1v) is 9.14. The van der Waals surface area contributed by atoms with E-state index in [4.69, 9.17) is 0 Å². The van der Waals surface area contributed by atoms with Crippen LogP contribution in [0.25, 0.3) is 0 Å². The summed E-state index contributed by atoms with van der Waals surface area (Å²) in [5, 5.41) is 5.84. The predicted molar refractivity (Wildman–Crippen MR) is 105 cm³/mol. The highest BCUT2D eigenvalue weighted by Crippen LogP contribution is 2.40. The van der Waals surface area contributed by atoms with E-state index >= 15 is 0 Å². The molecule has 136 valence electrons. The third-order valence-corrected chi connectivity index (χ3v) is 5.08. The highest BCUT2D eigenvalue weighted by molar-refractivity contribution is 6.03. The number of amides is 2. The molecule has 4 heteroatoms. The summed E-state index contributed by atoms with van der Waals surface area (Å²) in [6.07, 6.45) is 0.604. The van der Waals surface area contributed by atoms with Gasteiger partial charge in [-0.15, -0.1) is 0 Å². The second-order valence-corrected chi connectivity index (χ2v) is 7.50. The minimum Gasteiger partial charge on any atom is -0.326 e. The highest BCUT2D eigenvalue weighted by atomic mass is 16.2. The molecular weight excluding hydrogens is 324 g/mol. The maximum atomic E-state index is 12.4. The van der Waals surface area contributed by atoms with E-state index in [2.05, 4.69) is 24.5 Å². The topological polar surface area (TPSA) is 58.2 Å². The Bertz CT molecular complexity index is 825. The Morgan fingerprint density at radius 1 is 0.846 bits per heavy atom. The average Bonchev–Trinajstić information content (AvgIpc) is 3.39. The van der Waals surface area contributed by atoms with Crippen LogP contribution in [0.4, 0.5) is 11.4 Å². The molecule has 2 N–H and O–H groups in total. The van der Waals surface area contributed by atoms with Gasteiger partial charge in [-0.3, -0.25) is 9.59 Å². The van der Waals surface area contributed by atoms with Gasteiger partial charge in [-0.05, 0) is 67.1 Å². The smallest absolute Gasteiger partial charge is 0.228 e. The lowest BCUT2D eigenvalue weighted by atomic mass is 10.0. The molecular formula is C22H26N2O2. The molecule has 2 amide bonds. The van der Waals surface area contributed by atoms with Crippen LogP contribution in [0.1, 0.15) is 42.9 Å². The van der Waals surface area contributed by atoms with Gasteiger partial charge in [-0.1, -0.05) is 32.0 Å². The van der Waals surface area contributed by atoms with Gasteiger partial charge in [-0.25, -0.2) is 0 Å². The monoisotopic (exact) mass is 350 g/mol. The fraction of sp³-hybridized carbons (Fsp3) is 0.364. The fourth-order valence-corrected chi connectivity index (χ4v) is 3.01. The maximum Gasteiger partial charge on any atom is 0.228 e. The molecule has 0 bridgehead atoms. The van der Waals surface area contributed by atoms with Crippen LogP contribution in [0.15, 0.2) is 42.5 Å². The zero-order chi connectivity index (χ0) is 18.8. The molecule has 2 unspecified atom stereocenters. The number of anilines is 2. The van der Waals surface area contributed by atoms with E-state index in [0.717, 1.165) is 16.9 Å². The van der Waals surface area contributed by atoms with Crippen LogP contribution in [0, 0.1) is 25.7 Å². The average molecular weight is 350 g/mol. The van der Waals surface area contributed by atoms with Crippen molar-refractivity contribution < 1.29 is 9.59 Å². The number of carbonyl (C=O) groups is 2. The molecule has 0 saturated heterocycles. The molecule has 2 atom stereocenters. The molecule has 1 saturated carbocycles. The summed E-state index contributed by atoms with van der Waals surface area (Å²) in [5.41, 5.74) is 5.13. The summed E-state index contributed by atoms with van der Waals surface area (Å²) in [5.74, 6) is -0.189. The molecule has 4 nitrogen and oxygen atoms in total. The van der Waals surface area contributed by atoms with Crippen LogP contribution in [-0.2, 0) is 9.59 Å². The normalized spacial score (nSPS) is 18.5. The first kappa shape index (κ1) is 18.2. The number of carbonyl (C=O) groups excluding carboxylic acids is 2. The van der Waals surface area contributed by atoms with Crippen molar-refractivity contribution in [2.24, 2.45) is 11.8 Å². The lowest BCUT2D eigenvalue weighted by molar-refractivity contribution is -0.122. The largest absolute Gasteiger partial charge is 0.326 e. The number of hydrogen-bond donors (Lipinski definition) is 2. The summed E-state index contributed by atoms with van der Waals surface area (Å²) in [4.78, 5) is 24.7. The zero-order valence-corrected chi connectivity index (χ0v) is 15.8. The van der Waals surface area contributed by atoms with Crippen LogP contribution >= 0.6 is 0 Å². The van der Waals surface area contributed by atoms with Crippen LogP contribution < -0.4 is 10.6 Å². The molecule has 2 aromatic rings. The Morgan fingerprint density at radius 3 is 1.92 bits per heavy atom. The molecule has 0 radical (unpaired) electrons. The number of hydrogen-bond acceptors (Lipinski definition) is 2. The first-order valence-electron chi connectivity index (χ1n) is 9.14. The van der Waals surface area contributed by atoms with E-state index < -0.39 is 0 Å². The maximum absolute atomic E-state index is 12.4. The Kier molecular flexibility index (Phi) is 5.12. The molecule has 3 rings (SSSR count). The van der Waals surface area contributed by atoms with Crippen molar-refractivity contribution in [2.45, 2.75) is 40.0 Å². The first-order chi connectivity index (χ1) is 12.3. The lowest BCUT2D eigenvalue weighted by Gasteiger charge is -2.09. The van der Waals surface area contributed by atoms with Crippen molar-refractivity contribution in [3.63, 3.8) is 0 Å². The van der Waals surface area contributed by atoms with Gasteiger partial charge in [0.25, 0.3) is 0 Å². The van der Waals surface area contributed by atoms with E-state index in [1.54, 1.807) is 0 Å². The van der Waals surface area contributed by atoms with Gasteiger partial charge < -0.3 is 10.6 Å². The van der Waals surface area contributed by atoms with Gasteiger partial charge >= 0.3 is 0 Å². The van der Waals surface area contributed by atoms with Crippen molar-refractivity contribution >= 4 is 23.2 Å². The van der Waals surface area contributed by atoms with E-state index in [-0.39, 0.29) is 23.7 Å². The minimum absolute atomic E-state index is 0.0800. The van der Waals surface area contributed by atoms with Crippen molar-refractivity contribution in [3.8, 4) is 0 Å². The Balaban J connectivity index is 1.54. The Labute approximate surface area is 155 Å². The molecule has 26 heavy (non-hydrogen) atoms. The Morgan fingerprint density at radius 2 is 1.38 bits per heavy atom. The van der Waals surface area contributed by atoms with Gasteiger partial charge in [0, 0.05) is 11.4 Å². The molecule has 1 fully saturated rings. The van der Waals surface area contributed by atoms with E-state index in [1.807, 2.05) is 56.3 Å². The van der Waals surface area contributed by atoms with Gasteiger partial charge in [0.15, 0.2) is 0 Å². The fourth-order valence-electron chi connectivity index (χ4n) is 3.01. The molecule has 1 aliphatic rings. The summed E-state index contributed by atoms with van der Waals surface area (Å²) < 4.78 is 0. The summed E-state index contributed by atoms with van der Waals surface area (Å²) >= 11 is 0. The van der Waals surface area contributed by atoms with Crippen LogP contribution in [-0.4, -0.2) is 11.8 Å². The molecule has 0 aromatic heterocycles. The van der Waals surface area contributed by atoms with Crippen molar-refractivity contribution in [2.75, 3.05) is 10.6 Å². The summed E-state index contributed by atoms with van der Waals surface area (Å²) in [6.45, 7) is 8.33. The van der Waals surface area contributed by atoms with Crippen molar-refractivity contribution in [1.82, 2.24) is 0 Å². The van der Waals surface area contributed by atoms with Gasteiger partial charge in [0.2, 0.25) is 11.8 Å². The van der Waals surface area contributed by atoms with Gasteiger partial charge in [0.05, 0.1) is 11.8 Å². The van der Waals surface area contributed by atoms with Crippen molar-refractivity contribution in [3.05, 3.63) is 59.2 Å². The molecule has 1 aliphatic carbocycles. The zero-order valence-electron chi connectivity index (χ0n) is 15.8. The molecule has 2 aromatic carbocycles. The predicted octanol–water partition coefficient (Wildman–Crippen LogP) is 4.64. The van der Waals surface area contributed by atoms with Gasteiger partial charge in [-0.2, -0.15) is 0 Å². The molecule has 0 aliphatic heterocycles. The highest BCUT2D eigenvalue weighted by Gasteiger charge is 2.48. The number of rotatable bonds is 5. The third kappa shape index (κ3) is 4.13. The molecule has 0 heterocycles. The number of nitrogens with one attached hydrogen (secondary N) is 2. The number of benzene rings is 2. The van der Waals surface area contributed by atoms with Crippen LogP contribution in [0.5, 0.6) is 0 Å². The van der Waals surface area contributed by atoms with E-state index in [0.29, 0.717) is 12.3 Å². The summed E-state index contributed by atoms with van der Waals surface area (Å²) in [6, 6.07) is 13.7. The number of aryl methyl sites for hydroxylation is 2. The van der Waals surface area contributed by atoms with E-state index in [1.165, 1.54) is 11.1 Å². The minimum atomic E-state index is -0.244. The van der Waals surface area contributed by atoms with E-state index in [9.17, 15) is 9.59 Å². The summed E-state index contributed by atoms with van der Waals surface area (Å²) in [7, 11) is 0. The quantitative estimate of drug-likeness (QED) is 0.825. The van der Waals surface area contributed by atoms with Crippen LogP contribution in [0.2, 0.25) is 0 Å². The Hall–Kier alpha value is -2.62. The third-order valence-electron chi connectivity index (χ3n) is 5.08. The second kappa shape index (κ2) is 7.32. The van der Waals surface area contributed by atoms with Gasteiger partial charge in [0.1, 0.15) is 0 Å².